The number of amidine groups is 1. The Morgan fingerprint density at radius 2 is 1.80 bits per heavy atom. The van der Waals surface area contributed by atoms with Gasteiger partial charge in [-0.25, -0.2) is 4.39 Å². The Morgan fingerprint density at radius 3 is 2.40 bits per heavy atom. The molecule has 0 fully saturated rings. The highest BCUT2D eigenvalue weighted by atomic mass is 19.1. The zero-order valence-corrected chi connectivity index (χ0v) is 10.8. The molecule has 0 aliphatic carbocycles. The van der Waals surface area contributed by atoms with Gasteiger partial charge in [0.1, 0.15) is 11.7 Å². The molecular formula is C15H15FN4. The molecule has 0 amide bonds. The molecule has 0 unspecified atom stereocenters. The predicted octanol–water partition coefficient (Wildman–Crippen LogP) is 2.75. The molecule has 20 heavy (non-hydrogen) atoms. The summed E-state index contributed by atoms with van der Waals surface area (Å²) in [6.07, 6.45) is 1.27. The lowest BCUT2D eigenvalue weighted by Gasteiger charge is -2.19. The van der Waals surface area contributed by atoms with Gasteiger partial charge < -0.3 is 5.73 Å². The smallest absolute Gasteiger partial charge is 0.136 e. The second-order valence-electron chi connectivity index (χ2n) is 4.22. The van der Waals surface area contributed by atoms with Gasteiger partial charge in [-0.3, -0.25) is 10.4 Å². The molecule has 0 aromatic heterocycles. The van der Waals surface area contributed by atoms with Crippen LogP contribution in [0.1, 0.15) is 5.56 Å². The number of halogens is 1. The van der Waals surface area contributed by atoms with Crippen LogP contribution >= 0.6 is 0 Å². The van der Waals surface area contributed by atoms with Crippen LogP contribution in [-0.4, -0.2) is 12.1 Å². The Labute approximate surface area is 116 Å². The molecule has 2 aromatic rings. The summed E-state index contributed by atoms with van der Waals surface area (Å²) in [5, 5.41) is 13.1. The first kappa shape index (κ1) is 13.7. The van der Waals surface area contributed by atoms with E-state index in [0.717, 1.165) is 11.3 Å². The fraction of sp³-hybridized carbons (Fsp3) is 0.0667. The molecule has 3 N–H and O–H groups in total. The molecule has 0 bridgehead atoms. The van der Waals surface area contributed by atoms with Crippen LogP contribution in [0.4, 0.5) is 10.1 Å². The summed E-state index contributed by atoms with van der Waals surface area (Å²) < 4.78 is 12.9. The minimum absolute atomic E-state index is 0.120. The van der Waals surface area contributed by atoms with Crippen molar-refractivity contribution in [3.8, 4) is 0 Å². The summed E-state index contributed by atoms with van der Waals surface area (Å²) in [4.78, 5) is 0. The van der Waals surface area contributed by atoms with Crippen LogP contribution in [0.5, 0.6) is 0 Å². The van der Waals surface area contributed by atoms with E-state index in [1.807, 2.05) is 30.3 Å². The minimum atomic E-state index is -0.271. The maximum absolute atomic E-state index is 12.9. The normalized spacial score (nSPS) is 10.7. The van der Waals surface area contributed by atoms with Gasteiger partial charge in [0, 0.05) is 0 Å². The first-order valence-electron chi connectivity index (χ1n) is 6.10. The molecule has 0 saturated heterocycles. The molecular weight excluding hydrogens is 255 g/mol. The minimum Gasteiger partial charge on any atom is -0.383 e. The average molecular weight is 270 g/mol. The number of nitrogens with zero attached hydrogens (tertiary/aromatic N) is 2. The van der Waals surface area contributed by atoms with Gasteiger partial charge in [0.2, 0.25) is 0 Å². The highest BCUT2D eigenvalue weighted by Gasteiger charge is 2.05. The lowest BCUT2D eigenvalue weighted by atomic mass is 10.2. The van der Waals surface area contributed by atoms with Crippen molar-refractivity contribution in [2.24, 2.45) is 10.8 Å². The van der Waals surface area contributed by atoms with Gasteiger partial charge in [-0.2, -0.15) is 5.10 Å². The molecule has 0 atom stereocenters. The fourth-order valence-corrected chi connectivity index (χ4v) is 1.69. The lowest BCUT2D eigenvalue weighted by molar-refractivity contribution is 0.626. The molecule has 102 valence electrons. The number of anilines is 1. The van der Waals surface area contributed by atoms with Crippen LogP contribution in [0.2, 0.25) is 0 Å². The van der Waals surface area contributed by atoms with E-state index in [-0.39, 0.29) is 11.7 Å². The predicted molar refractivity (Wildman–Crippen MR) is 79.4 cm³/mol. The van der Waals surface area contributed by atoms with Crippen LogP contribution < -0.4 is 10.7 Å². The van der Waals surface area contributed by atoms with Crippen molar-refractivity contribution in [2.75, 3.05) is 5.01 Å². The van der Waals surface area contributed by atoms with Gasteiger partial charge in [-0.15, -0.1) is 0 Å². The Balaban J connectivity index is 2.22. The van der Waals surface area contributed by atoms with E-state index in [1.54, 1.807) is 17.1 Å². The second kappa shape index (κ2) is 6.47. The first-order chi connectivity index (χ1) is 9.65. The monoisotopic (exact) mass is 270 g/mol. The van der Waals surface area contributed by atoms with Gasteiger partial charge in [0.05, 0.1) is 18.4 Å². The largest absolute Gasteiger partial charge is 0.383 e. The van der Waals surface area contributed by atoms with Crippen LogP contribution in [0.25, 0.3) is 0 Å². The van der Waals surface area contributed by atoms with E-state index < -0.39 is 0 Å². The summed E-state index contributed by atoms with van der Waals surface area (Å²) in [7, 11) is 0. The molecule has 2 rings (SSSR count). The number of benzene rings is 2. The highest BCUT2D eigenvalue weighted by molar-refractivity contribution is 6.27. The summed E-state index contributed by atoms with van der Waals surface area (Å²) in [6.45, 7) is 0.466. The number of rotatable bonds is 5. The molecule has 4 nitrogen and oxygen atoms in total. The zero-order chi connectivity index (χ0) is 14.4. The molecule has 0 aliphatic rings. The number of hydrazone groups is 1. The van der Waals surface area contributed by atoms with Crippen LogP contribution in [0, 0.1) is 11.2 Å². The molecule has 5 heteroatoms. The number of hydrogen-bond donors (Lipinski definition) is 2. The summed E-state index contributed by atoms with van der Waals surface area (Å²) >= 11 is 0. The molecule has 0 spiro atoms. The second-order valence-corrected chi connectivity index (χ2v) is 4.22. The third-order valence-corrected chi connectivity index (χ3v) is 2.64. The topological polar surface area (TPSA) is 65.5 Å². The fourth-order valence-electron chi connectivity index (χ4n) is 1.69. The zero-order valence-electron chi connectivity index (χ0n) is 10.8. The van der Waals surface area contributed by atoms with Crippen molar-refractivity contribution in [1.29, 1.82) is 5.41 Å². The van der Waals surface area contributed by atoms with Crippen molar-refractivity contribution in [3.05, 3.63) is 66.0 Å². The van der Waals surface area contributed by atoms with Gasteiger partial charge in [-0.1, -0.05) is 30.3 Å². The number of nitrogens with one attached hydrogen (secondary N) is 1. The molecule has 0 radical (unpaired) electrons. The molecule has 0 aliphatic heterocycles. The van der Waals surface area contributed by atoms with Crippen LogP contribution in [-0.2, 0) is 6.54 Å². The molecule has 0 saturated carbocycles. The van der Waals surface area contributed by atoms with Crippen molar-refractivity contribution in [2.45, 2.75) is 6.54 Å². The maximum Gasteiger partial charge on any atom is 0.136 e. The van der Waals surface area contributed by atoms with Gasteiger partial charge in [0.25, 0.3) is 0 Å². The third-order valence-electron chi connectivity index (χ3n) is 2.64. The SMILES string of the molecule is N=C(N)/C=N/N(Cc1ccc(F)cc1)c1ccccc1. The number of nitrogens with two attached hydrogens (primary N) is 1. The summed E-state index contributed by atoms with van der Waals surface area (Å²) in [5.41, 5.74) is 7.07. The van der Waals surface area contributed by atoms with E-state index in [0.29, 0.717) is 6.54 Å². The van der Waals surface area contributed by atoms with Gasteiger partial charge in [0.15, 0.2) is 0 Å². The Kier molecular flexibility index (Phi) is 4.44. The Bertz CT molecular complexity index is 593. The number of hydrogen-bond acceptors (Lipinski definition) is 3. The van der Waals surface area contributed by atoms with Crippen LogP contribution in [0.15, 0.2) is 59.7 Å². The van der Waals surface area contributed by atoms with E-state index in [9.17, 15) is 4.39 Å². The van der Waals surface area contributed by atoms with Crippen molar-refractivity contribution in [3.63, 3.8) is 0 Å². The lowest BCUT2D eigenvalue weighted by Crippen LogP contribution is -2.19. The standard InChI is InChI=1S/C15H15FN4/c16-13-8-6-12(7-9-13)11-20(19-10-15(17)18)14-4-2-1-3-5-14/h1-10H,11H2,(H3,17,18)/b19-10+. The van der Waals surface area contributed by atoms with Crippen molar-refractivity contribution < 1.29 is 4.39 Å². The van der Waals surface area contributed by atoms with E-state index >= 15 is 0 Å². The first-order valence-corrected chi connectivity index (χ1v) is 6.10. The van der Waals surface area contributed by atoms with Crippen molar-refractivity contribution >= 4 is 17.7 Å². The van der Waals surface area contributed by atoms with Gasteiger partial charge >= 0.3 is 0 Å². The van der Waals surface area contributed by atoms with E-state index in [2.05, 4.69) is 5.10 Å². The van der Waals surface area contributed by atoms with Crippen molar-refractivity contribution in [1.82, 2.24) is 0 Å². The summed E-state index contributed by atoms with van der Waals surface area (Å²) in [5.74, 6) is -0.391. The quantitative estimate of drug-likeness (QED) is 0.498. The molecule has 2 aromatic carbocycles. The van der Waals surface area contributed by atoms with Crippen LogP contribution in [0.3, 0.4) is 0 Å². The average Bonchev–Trinajstić information content (AvgIpc) is 2.46. The van der Waals surface area contributed by atoms with E-state index in [4.69, 9.17) is 11.1 Å². The van der Waals surface area contributed by atoms with Gasteiger partial charge in [-0.05, 0) is 29.8 Å². The third kappa shape index (κ3) is 3.91. The molecule has 0 heterocycles. The highest BCUT2D eigenvalue weighted by Crippen LogP contribution is 2.17. The maximum atomic E-state index is 12.9. The number of para-hydroxylation sites is 1. The Morgan fingerprint density at radius 1 is 1.15 bits per heavy atom. The summed E-state index contributed by atoms with van der Waals surface area (Å²) in [6, 6.07) is 15.7. The van der Waals surface area contributed by atoms with E-state index in [1.165, 1.54) is 18.3 Å². The Hall–Kier alpha value is -2.69.